The highest BCUT2D eigenvalue weighted by Crippen LogP contribution is 2.30. The molecule has 0 aliphatic rings. The Balaban J connectivity index is 4.17. The maximum Gasteiger partial charge on any atom is 0.336 e. The van der Waals surface area contributed by atoms with E-state index in [4.69, 9.17) is 5.11 Å². The molecule has 0 amide bonds. The first-order valence-corrected chi connectivity index (χ1v) is 6.83. The minimum Gasteiger partial charge on any atom is -0.479 e. The molecule has 3 nitrogen and oxygen atoms in total. The lowest BCUT2D eigenvalue weighted by molar-refractivity contribution is -0.171. The molecular weight excluding hydrogens is 216 g/mol. The van der Waals surface area contributed by atoms with Crippen LogP contribution in [0.4, 0.5) is 0 Å². The van der Waals surface area contributed by atoms with Crippen LogP contribution in [-0.4, -0.2) is 21.8 Å². The van der Waals surface area contributed by atoms with Crippen LogP contribution in [0, 0.1) is 11.8 Å². The highest BCUT2D eigenvalue weighted by atomic mass is 16.4. The van der Waals surface area contributed by atoms with Crippen molar-refractivity contribution < 1.29 is 15.0 Å². The molecule has 0 rings (SSSR count). The maximum atomic E-state index is 11.2. The van der Waals surface area contributed by atoms with E-state index in [2.05, 4.69) is 6.92 Å². The average molecular weight is 244 g/mol. The average Bonchev–Trinajstić information content (AvgIpc) is 2.26. The maximum absolute atomic E-state index is 11.2. The Labute approximate surface area is 105 Å². The lowest BCUT2D eigenvalue weighted by atomic mass is 9.77. The Hall–Kier alpha value is -0.570. The largest absolute Gasteiger partial charge is 0.479 e. The molecule has 0 radical (unpaired) electrons. The third-order valence-corrected chi connectivity index (χ3v) is 3.71. The van der Waals surface area contributed by atoms with Crippen molar-refractivity contribution in [1.29, 1.82) is 0 Å². The lowest BCUT2D eigenvalue weighted by Crippen LogP contribution is -2.49. The molecule has 0 aliphatic heterocycles. The van der Waals surface area contributed by atoms with Crippen LogP contribution in [-0.2, 0) is 4.79 Å². The van der Waals surface area contributed by atoms with E-state index in [1.54, 1.807) is 13.8 Å². The van der Waals surface area contributed by atoms with E-state index in [0.717, 1.165) is 19.3 Å². The summed E-state index contributed by atoms with van der Waals surface area (Å²) in [6.45, 7) is 7.54. The van der Waals surface area contributed by atoms with Crippen LogP contribution in [0.15, 0.2) is 0 Å². The van der Waals surface area contributed by atoms with E-state index in [9.17, 15) is 9.90 Å². The first kappa shape index (κ1) is 16.4. The van der Waals surface area contributed by atoms with Gasteiger partial charge in [-0.1, -0.05) is 59.8 Å². The molecular formula is C14H28O3. The fourth-order valence-electron chi connectivity index (χ4n) is 2.30. The topological polar surface area (TPSA) is 57.5 Å². The molecule has 17 heavy (non-hydrogen) atoms. The fourth-order valence-corrected chi connectivity index (χ4v) is 2.30. The van der Waals surface area contributed by atoms with Gasteiger partial charge in [-0.2, -0.15) is 0 Å². The molecule has 0 saturated heterocycles. The number of carboxylic acids is 1. The minimum atomic E-state index is -1.58. The second kappa shape index (κ2) is 7.70. The van der Waals surface area contributed by atoms with Gasteiger partial charge in [-0.25, -0.2) is 4.79 Å². The Morgan fingerprint density at radius 3 is 2.06 bits per heavy atom. The predicted octanol–water partition coefficient (Wildman–Crippen LogP) is 3.45. The standard InChI is InChI=1S/C14H28O3/c1-5-6-7-8-9-10-12(4)14(17,11(2)3)13(15)16/h11-12,17H,5-10H2,1-4H3,(H,15,16). The van der Waals surface area contributed by atoms with Gasteiger partial charge in [0.1, 0.15) is 0 Å². The molecule has 0 heterocycles. The number of unbranched alkanes of at least 4 members (excludes halogenated alkanes) is 4. The Bertz CT molecular complexity index is 226. The van der Waals surface area contributed by atoms with E-state index in [-0.39, 0.29) is 11.8 Å². The number of aliphatic hydroxyl groups is 1. The molecule has 0 aromatic carbocycles. The Morgan fingerprint density at radius 2 is 1.65 bits per heavy atom. The number of aliphatic carboxylic acids is 1. The van der Waals surface area contributed by atoms with Gasteiger partial charge in [-0.3, -0.25) is 0 Å². The molecule has 0 spiro atoms. The second-order valence-corrected chi connectivity index (χ2v) is 5.39. The van der Waals surface area contributed by atoms with Crippen molar-refractivity contribution in [3.05, 3.63) is 0 Å². The van der Waals surface area contributed by atoms with Crippen molar-refractivity contribution in [2.24, 2.45) is 11.8 Å². The fraction of sp³-hybridized carbons (Fsp3) is 0.929. The normalized spacial score (nSPS) is 16.8. The molecule has 0 bridgehead atoms. The first-order valence-electron chi connectivity index (χ1n) is 6.83. The molecule has 0 fully saturated rings. The van der Waals surface area contributed by atoms with Crippen LogP contribution < -0.4 is 0 Å². The van der Waals surface area contributed by atoms with Gasteiger partial charge in [0.25, 0.3) is 0 Å². The van der Waals surface area contributed by atoms with Gasteiger partial charge >= 0.3 is 5.97 Å². The quantitative estimate of drug-likeness (QED) is 0.611. The zero-order chi connectivity index (χ0) is 13.5. The molecule has 0 aromatic heterocycles. The van der Waals surface area contributed by atoms with Crippen LogP contribution in [0.2, 0.25) is 0 Å². The van der Waals surface area contributed by atoms with Gasteiger partial charge in [-0.05, 0) is 18.3 Å². The number of hydrogen-bond acceptors (Lipinski definition) is 2. The summed E-state index contributed by atoms with van der Waals surface area (Å²) in [6.07, 6.45) is 6.57. The highest BCUT2D eigenvalue weighted by molar-refractivity contribution is 5.77. The van der Waals surface area contributed by atoms with Gasteiger partial charge in [0.05, 0.1) is 0 Å². The van der Waals surface area contributed by atoms with Crippen molar-refractivity contribution in [2.45, 2.75) is 71.8 Å². The summed E-state index contributed by atoms with van der Waals surface area (Å²) >= 11 is 0. The molecule has 2 N–H and O–H groups in total. The summed E-state index contributed by atoms with van der Waals surface area (Å²) in [7, 11) is 0. The molecule has 2 unspecified atom stereocenters. The number of hydrogen-bond donors (Lipinski definition) is 2. The zero-order valence-electron chi connectivity index (χ0n) is 11.7. The SMILES string of the molecule is CCCCCCCC(C)C(O)(C(=O)O)C(C)C. The summed E-state index contributed by atoms with van der Waals surface area (Å²) in [4.78, 5) is 11.2. The number of rotatable bonds is 9. The predicted molar refractivity (Wildman–Crippen MR) is 70.0 cm³/mol. The van der Waals surface area contributed by atoms with E-state index in [0.29, 0.717) is 0 Å². The van der Waals surface area contributed by atoms with Crippen molar-refractivity contribution >= 4 is 5.97 Å². The molecule has 0 aromatic rings. The Morgan fingerprint density at radius 1 is 1.12 bits per heavy atom. The summed E-state index contributed by atoms with van der Waals surface area (Å²) in [5, 5.41) is 19.4. The summed E-state index contributed by atoms with van der Waals surface area (Å²) < 4.78 is 0. The molecule has 3 heteroatoms. The minimum absolute atomic E-state index is 0.193. The van der Waals surface area contributed by atoms with Gasteiger partial charge in [-0.15, -0.1) is 0 Å². The van der Waals surface area contributed by atoms with E-state index in [1.165, 1.54) is 19.3 Å². The molecule has 0 aliphatic carbocycles. The van der Waals surface area contributed by atoms with Gasteiger partial charge in [0, 0.05) is 0 Å². The summed E-state index contributed by atoms with van der Waals surface area (Å²) in [6, 6.07) is 0. The van der Waals surface area contributed by atoms with E-state index < -0.39 is 11.6 Å². The third kappa shape index (κ3) is 4.66. The summed E-state index contributed by atoms with van der Waals surface area (Å²) in [5.41, 5.74) is -1.58. The van der Waals surface area contributed by atoms with Crippen molar-refractivity contribution in [3.63, 3.8) is 0 Å². The third-order valence-electron chi connectivity index (χ3n) is 3.71. The van der Waals surface area contributed by atoms with Gasteiger partial charge < -0.3 is 10.2 Å². The van der Waals surface area contributed by atoms with Gasteiger partial charge in [0.15, 0.2) is 5.60 Å². The number of carbonyl (C=O) groups is 1. The molecule has 0 saturated carbocycles. The molecule has 102 valence electrons. The van der Waals surface area contributed by atoms with Crippen LogP contribution in [0.1, 0.15) is 66.2 Å². The van der Waals surface area contributed by atoms with Crippen LogP contribution in [0.25, 0.3) is 0 Å². The van der Waals surface area contributed by atoms with Crippen molar-refractivity contribution in [2.75, 3.05) is 0 Å². The van der Waals surface area contributed by atoms with E-state index >= 15 is 0 Å². The Kier molecular flexibility index (Phi) is 7.44. The molecule has 2 atom stereocenters. The second-order valence-electron chi connectivity index (χ2n) is 5.39. The summed E-state index contributed by atoms with van der Waals surface area (Å²) in [5.74, 6) is -1.54. The highest BCUT2D eigenvalue weighted by Gasteiger charge is 2.44. The van der Waals surface area contributed by atoms with Gasteiger partial charge in [0.2, 0.25) is 0 Å². The zero-order valence-corrected chi connectivity index (χ0v) is 11.7. The van der Waals surface area contributed by atoms with Crippen molar-refractivity contribution in [1.82, 2.24) is 0 Å². The smallest absolute Gasteiger partial charge is 0.336 e. The lowest BCUT2D eigenvalue weighted by Gasteiger charge is -2.33. The van der Waals surface area contributed by atoms with E-state index in [1.807, 2.05) is 6.92 Å². The first-order chi connectivity index (χ1) is 7.87. The van der Waals surface area contributed by atoms with Crippen LogP contribution in [0.3, 0.4) is 0 Å². The van der Waals surface area contributed by atoms with Crippen LogP contribution in [0.5, 0.6) is 0 Å². The van der Waals surface area contributed by atoms with Crippen LogP contribution >= 0.6 is 0 Å². The number of carboxylic acid groups (broad SMARTS) is 1. The van der Waals surface area contributed by atoms with Crippen molar-refractivity contribution in [3.8, 4) is 0 Å². The monoisotopic (exact) mass is 244 g/mol.